The average Bonchev–Trinajstić information content (AvgIpc) is 2.02. The third-order valence-corrected chi connectivity index (χ3v) is 2.01. The first-order valence-electron chi connectivity index (χ1n) is 4.54. The Bertz CT molecular complexity index is 258. The standard InChI is InChI=1S/C11H17NO/c1-11(2,13)8-7-9-3-5-10(12)6-4-9/h3-6,13H,7-8,12H2,1-2H3. The molecular weight excluding hydrogens is 162 g/mol. The SMILES string of the molecule is CC(C)(O)CCc1ccc(N)cc1. The monoisotopic (exact) mass is 179 g/mol. The summed E-state index contributed by atoms with van der Waals surface area (Å²) in [6, 6.07) is 7.78. The lowest BCUT2D eigenvalue weighted by Gasteiger charge is -2.16. The fourth-order valence-electron chi connectivity index (χ4n) is 1.13. The van der Waals surface area contributed by atoms with E-state index in [0.717, 1.165) is 18.5 Å². The second-order valence-electron chi connectivity index (χ2n) is 4.05. The summed E-state index contributed by atoms with van der Waals surface area (Å²) in [6.45, 7) is 3.65. The second kappa shape index (κ2) is 3.79. The maximum absolute atomic E-state index is 9.51. The van der Waals surface area contributed by atoms with Gasteiger partial charge in [0.25, 0.3) is 0 Å². The number of benzene rings is 1. The van der Waals surface area contributed by atoms with Crippen molar-refractivity contribution in [2.24, 2.45) is 0 Å². The molecule has 72 valence electrons. The van der Waals surface area contributed by atoms with Crippen molar-refractivity contribution in [2.45, 2.75) is 32.3 Å². The van der Waals surface area contributed by atoms with Gasteiger partial charge < -0.3 is 10.8 Å². The van der Waals surface area contributed by atoms with Crippen molar-refractivity contribution in [1.82, 2.24) is 0 Å². The lowest BCUT2D eigenvalue weighted by Crippen LogP contribution is -2.19. The zero-order chi connectivity index (χ0) is 9.90. The average molecular weight is 179 g/mol. The number of aryl methyl sites for hydroxylation is 1. The minimum atomic E-state index is -0.582. The maximum atomic E-state index is 9.51. The third-order valence-electron chi connectivity index (χ3n) is 2.01. The van der Waals surface area contributed by atoms with Crippen LogP contribution in [0, 0.1) is 0 Å². The lowest BCUT2D eigenvalue weighted by atomic mass is 9.99. The van der Waals surface area contributed by atoms with Crippen LogP contribution in [-0.2, 0) is 6.42 Å². The predicted molar refractivity (Wildman–Crippen MR) is 55.5 cm³/mol. The van der Waals surface area contributed by atoms with Crippen molar-refractivity contribution in [3.63, 3.8) is 0 Å². The van der Waals surface area contributed by atoms with E-state index in [1.54, 1.807) is 0 Å². The molecule has 1 aromatic carbocycles. The molecule has 3 N–H and O–H groups in total. The van der Waals surface area contributed by atoms with Gasteiger partial charge >= 0.3 is 0 Å². The minimum absolute atomic E-state index is 0.582. The Hall–Kier alpha value is -1.02. The molecule has 0 radical (unpaired) electrons. The van der Waals surface area contributed by atoms with Gasteiger partial charge in [-0.05, 0) is 44.4 Å². The Morgan fingerprint density at radius 1 is 1.23 bits per heavy atom. The first-order chi connectivity index (χ1) is 5.97. The van der Waals surface area contributed by atoms with Crippen LogP contribution in [0.1, 0.15) is 25.8 Å². The summed E-state index contributed by atoms with van der Waals surface area (Å²) in [5.41, 5.74) is 6.98. The molecule has 0 atom stereocenters. The van der Waals surface area contributed by atoms with Gasteiger partial charge in [-0.3, -0.25) is 0 Å². The van der Waals surface area contributed by atoms with E-state index in [2.05, 4.69) is 0 Å². The van der Waals surface area contributed by atoms with Crippen LogP contribution >= 0.6 is 0 Å². The summed E-state index contributed by atoms with van der Waals surface area (Å²) < 4.78 is 0. The largest absolute Gasteiger partial charge is 0.399 e. The fraction of sp³-hybridized carbons (Fsp3) is 0.455. The van der Waals surface area contributed by atoms with Gasteiger partial charge in [0, 0.05) is 5.69 Å². The summed E-state index contributed by atoms with van der Waals surface area (Å²) in [5, 5.41) is 9.51. The van der Waals surface area contributed by atoms with Crippen molar-refractivity contribution in [1.29, 1.82) is 0 Å². The molecule has 0 saturated carbocycles. The van der Waals surface area contributed by atoms with Crippen LogP contribution < -0.4 is 5.73 Å². The number of rotatable bonds is 3. The molecule has 2 heteroatoms. The van der Waals surface area contributed by atoms with Gasteiger partial charge in [-0.2, -0.15) is 0 Å². The summed E-state index contributed by atoms with van der Waals surface area (Å²) in [4.78, 5) is 0. The van der Waals surface area contributed by atoms with Crippen LogP contribution in [-0.4, -0.2) is 10.7 Å². The van der Waals surface area contributed by atoms with Gasteiger partial charge in [-0.1, -0.05) is 12.1 Å². The number of hydrogen-bond donors (Lipinski definition) is 2. The van der Waals surface area contributed by atoms with E-state index in [-0.39, 0.29) is 0 Å². The molecular formula is C11H17NO. The highest BCUT2D eigenvalue weighted by atomic mass is 16.3. The number of nitrogens with two attached hydrogens (primary N) is 1. The van der Waals surface area contributed by atoms with E-state index in [9.17, 15) is 5.11 Å². The maximum Gasteiger partial charge on any atom is 0.0594 e. The van der Waals surface area contributed by atoms with E-state index in [1.807, 2.05) is 38.1 Å². The number of aliphatic hydroxyl groups is 1. The molecule has 0 spiro atoms. The van der Waals surface area contributed by atoms with Crippen LogP contribution in [0.15, 0.2) is 24.3 Å². The Kier molecular flexibility index (Phi) is 2.94. The highest BCUT2D eigenvalue weighted by Gasteiger charge is 2.11. The number of anilines is 1. The Labute approximate surface area is 79.4 Å². The van der Waals surface area contributed by atoms with E-state index in [4.69, 9.17) is 5.73 Å². The molecule has 0 unspecified atom stereocenters. The second-order valence-corrected chi connectivity index (χ2v) is 4.05. The Balaban J connectivity index is 2.51. The molecule has 0 fully saturated rings. The molecule has 0 aromatic heterocycles. The van der Waals surface area contributed by atoms with Crippen molar-refractivity contribution < 1.29 is 5.11 Å². The van der Waals surface area contributed by atoms with E-state index < -0.39 is 5.60 Å². The molecule has 1 aromatic rings. The van der Waals surface area contributed by atoms with Crippen molar-refractivity contribution in [2.75, 3.05) is 5.73 Å². The molecule has 0 aliphatic carbocycles. The first kappa shape index (κ1) is 10.1. The number of nitrogen functional groups attached to an aromatic ring is 1. The summed E-state index contributed by atoms with van der Waals surface area (Å²) in [5.74, 6) is 0. The van der Waals surface area contributed by atoms with Gasteiger partial charge in [0.15, 0.2) is 0 Å². The zero-order valence-electron chi connectivity index (χ0n) is 8.25. The van der Waals surface area contributed by atoms with Crippen molar-refractivity contribution in [3.05, 3.63) is 29.8 Å². The fourth-order valence-corrected chi connectivity index (χ4v) is 1.13. The first-order valence-corrected chi connectivity index (χ1v) is 4.54. The minimum Gasteiger partial charge on any atom is -0.399 e. The molecule has 1 rings (SSSR count). The summed E-state index contributed by atoms with van der Waals surface area (Å²) in [6.07, 6.45) is 1.67. The molecule has 2 nitrogen and oxygen atoms in total. The van der Waals surface area contributed by atoms with Crippen LogP contribution in [0.3, 0.4) is 0 Å². The third kappa shape index (κ3) is 3.95. The van der Waals surface area contributed by atoms with Gasteiger partial charge in [0.2, 0.25) is 0 Å². The Morgan fingerprint density at radius 3 is 2.23 bits per heavy atom. The van der Waals surface area contributed by atoms with Crippen LogP contribution in [0.2, 0.25) is 0 Å². The number of hydrogen-bond acceptors (Lipinski definition) is 2. The van der Waals surface area contributed by atoms with E-state index in [1.165, 1.54) is 5.56 Å². The normalized spacial score (nSPS) is 11.6. The molecule has 0 amide bonds. The quantitative estimate of drug-likeness (QED) is 0.697. The smallest absolute Gasteiger partial charge is 0.0594 e. The Morgan fingerprint density at radius 2 is 1.77 bits per heavy atom. The predicted octanol–water partition coefficient (Wildman–Crippen LogP) is 1.97. The van der Waals surface area contributed by atoms with Gasteiger partial charge in [0.05, 0.1) is 5.60 Å². The van der Waals surface area contributed by atoms with E-state index >= 15 is 0 Å². The van der Waals surface area contributed by atoms with Gasteiger partial charge in [0.1, 0.15) is 0 Å². The van der Waals surface area contributed by atoms with Gasteiger partial charge in [-0.15, -0.1) is 0 Å². The highest BCUT2D eigenvalue weighted by molar-refractivity contribution is 5.39. The van der Waals surface area contributed by atoms with E-state index in [0.29, 0.717) is 0 Å². The molecule has 0 heterocycles. The zero-order valence-corrected chi connectivity index (χ0v) is 8.25. The molecule has 13 heavy (non-hydrogen) atoms. The topological polar surface area (TPSA) is 46.2 Å². The highest BCUT2D eigenvalue weighted by Crippen LogP contribution is 2.14. The van der Waals surface area contributed by atoms with Gasteiger partial charge in [-0.25, -0.2) is 0 Å². The summed E-state index contributed by atoms with van der Waals surface area (Å²) >= 11 is 0. The van der Waals surface area contributed by atoms with Crippen LogP contribution in [0.4, 0.5) is 5.69 Å². The lowest BCUT2D eigenvalue weighted by molar-refractivity contribution is 0.0714. The van der Waals surface area contributed by atoms with Crippen LogP contribution in [0.25, 0.3) is 0 Å². The van der Waals surface area contributed by atoms with Crippen molar-refractivity contribution >= 4 is 5.69 Å². The molecule has 0 aliphatic rings. The summed E-state index contributed by atoms with van der Waals surface area (Å²) in [7, 11) is 0. The molecule has 0 saturated heterocycles. The molecule has 0 aliphatic heterocycles. The molecule has 0 bridgehead atoms. The van der Waals surface area contributed by atoms with Crippen LogP contribution in [0.5, 0.6) is 0 Å². The van der Waals surface area contributed by atoms with Crippen molar-refractivity contribution in [3.8, 4) is 0 Å².